The van der Waals surface area contributed by atoms with Gasteiger partial charge in [-0.3, -0.25) is 10.1 Å². The monoisotopic (exact) mass is 363 g/mol. The Balaban J connectivity index is 2.89. The van der Waals surface area contributed by atoms with E-state index in [-0.39, 0.29) is 10.8 Å². The van der Waals surface area contributed by atoms with E-state index in [4.69, 9.17) is 9.84 Å². The number of hydrogen-bond acceptors (Lipinski definition) is 7. The Morgan fingerprint density at radius 3 is 2.57 bits per heavy atom. The molecule has 1 atom stereocenters. The summed E-state index contributed by atoms with van der Waals surface area (Å²) in [5.41, 5.74) is -0.771. The number of carbonyl (C=O) groups excluding carboxylic acids is 1. The summed E-state index contributed by atoms with van der Waals surface area (Å²) < 4.78 is 29.8. The first kappa shape index (κ1) is 19.1. The van der Waals surface area contributed by atoms with Gasteiger partial charge in [-0.1, -0.05) is 6.58 Å². The van der Waals surface area contributed by atoms with Crippen molar-refractivity contribution >= 4 is 38.6 Å². The van der Waals surface area contributed by atoms with Crippen LogP contribution in [0.3, 0.4) is 0 Å². The number of thiazole rings is 1. The Bertz CT molecular complexity index is 705. The van der Waals surface area contributed by atoms with Gasteiger partial charge in [0, 0.05) is 10.8 Å². The Hall–Kier alpha value is -1.98. The number of carboxylic acid groups (broad SMARTS) is 1. The fraction of sp³-hybridized carbons (Fsp3) is 0.417. The van der Waals surface area contributed by atoms with Crippen LogP contribution in [0.5, 0.6) is 0 Å². The van der Waals surface area contributed by atoms with E-state index in [1.165, 1.54) is 5.38 Å². The molecule has 0 bridgehead atoms. The highest BCUT2D eigenvalue weighted by Gasteiger charge is 2.27. The van der Waals surface area contributed by atoms with Crippen molar-refractivity contribution in [2.45, 2.75) is 32.4 Å². The molecule has 0 radical (unpaired) electrons. The van der Waals surface area contributed by atoms with Gasteiger partial charge in [0.25, 0.3) is 0 Å². The zero-order chi connectivity index (χ0) is 17.8. The Morgan fingerprint density at radius 1 is 1.48 bits per heavy atom. The number of anilines is 1. The van der Waals surface area contributed by atoms with Crippen LogP contribution < -0.4 is 10.0 Å². The molecule has 0 aliphatic heterocycles. The second kappa shape index (κ2) is 7.06. The first-order valence-corrected chi connectivity index (χ1v) is 8.69. The van der Waals surface area contributed by atoms with Gasteiger partial charge in [-0.15, -0.1) is 11.3 Å². The van der Waals surface area contributed by atoms with Crippen LogP contribution in [0.15, 0.2) is 17.4 Å². The van der Waals surface area contributed by atoms with Gasteiger partial charge in [-0.2, -0.15) is 4.72 Å². The average molecular weight is 363 g/mol. The highest BCUT2D eigenvalue weighted by atomic mass is 32.2. The van der Waals surface area contributed by atoms with Crippen LogP contribution in [0.25, 0.3) is 0 Å². The lowest BCUT2D eigenvalue weighted by molar-refractivity contribution is -0.139. The molecule has 128 valence electrons. The SMILES string of the molecule is C=CS(=O)(=O)NC(C(=O)O)c1csc(NC(=O)OC(C)(C)C)n1. The Morgan fingerprint density at radius 2 is 2.09 bits per heavy atom. The number of sulfonamides is 1. The second-order valence-corrected chi connectivity index (χ2v) is 7.82. The maximum Gasteiger partial charge on any atom is 0.413 e. The predicted octanol–water partition coefficient (Wildman–Crippen LogP) is 1.68. The zero-order valence-electron chi connectivity index (χ0n) is 12.7. The summed E-state index contributed by atoms with van der Waals surface area (Å²) in [6.07, 6.45) is -0.753. The van der Waals surface area contributed by atoms with Crippen molar-refractivity contribution in [3.8, 4) is 0 Å². The number of carboxylic acids is 1. The molecule has 1 heterocycles. The van der Waals surface area contributed by atoms with Crippen molar-refractivity contribution in [3.63, 3.8) is 0 Å². The van der Waals surface area contributed by atoms with Crippen LogP contribution in [0.4, 0.5) is 9.93 Å². The molecule has 0 spiro atoms. The number of nitrogens with one attached hydrogen (secondary N) is 2. The number of hydrogen-bond donors (Lipinski definition) is 3. The van der Waals surface area contributed by atoms with Crippen molar-refractivity contribution in [2.75, 3.05) is 5.32 Å². The molecule has 1 amide bonds. The summed E-state index contributed by atoms with van der Waals surface area (Å²) in [7, 11) is -3.96. The fourth-order valence-electron chi connectivity index (χ4n) is 1.32. The summed E-state index contributed by atoms with van der Waals surface area (Å²) in [5.74, 6) is -1.44. The van der Waals surface area contributed by atoms with Crippen molar-refractivity contribution in [1.82, 2.24) is 9.71 Å². The zero-order valence-corrected chi connectivity index (χ0v) is 14.3. The van der Waals surface area contributed by atoms with E-state index in [1.54, 1.807) is 20.8 Å². The number of aromatic nitrogens is 1. The van der Waals surface area contributed by atoms with Crippen molar-refractivity contribution in [1.29, 1.82) is 0 Å². The topological polar surface area (TPSA) is 135 Å². The first-order chi connectivity index (χ1) is 10.4. The molecule has 1 rings (SSSR count). The van der Waals surface area contributed by atoms with Crippen molar-refractivity contribution in [3.05, 3.63) is 23.1 Å². The van der Waals surface area contributed by atoms with E-state index in [2.05, 4.69) is 16.9 Å². The number of ether oxygens (including phenoxy) is 1. The summed E-state index contributed by atoms with van der Waals surface area (Å²) >= 11 is 0.936. The molecule has 9 nitrogen and oxygen atoms in total. The van der Waals surface area contributed by atoms with Crippen LogP contribution in [-0.4, -0.2) is 36.2 Å². The van der Waals surface area contributed by atoms with E-state index >= 15 is 0 Å². The minimum absolute atomic E-state index is 0.0704. The van der Waals surface area contributed by atoms with Gasteiger partial charge in [0.05, 0.1) is 5.69 Å². The van der Waals surface area contributed by atoms with E-state index < -0.39 is 33.7 Å². The lowest BCUT2D eigenvalue weighted by Crippen LogP contribution is -2.32. The fourth-order valence-corrected chi connectivity index (χ4v) is 2.68. The number of carbonyl (C=O) groups is 2. The molecule has 0 aliphatic carbocycles. The third-order valence-corrected chi connectivity index (χ3v) is 3.95. The molecule has 1 aromatic heterocycles. The molecule has 0 aliphatic rings. The molecule has 11 heteroatoms. The molecular formula is C12H17N3O6S2. The molecule has 0 aromatic carbocycles. The van der Waals surface area contributed by atoms with E-state index in [0.717, 1.165) is 11.3 Å². The molecule has 23 heavy (non-hydrogen) atoms. The number of nitrogens with zero attached hydrogens (tertiary/aromatic N) is 1. The third kappa shape index (κ3) is 6.34. The van der Waals surface area contributed by atoms with Crippen molar-refractivity contribution in [2.24, 2.45) is 0 Å². The number of rotatable bonds is 6. The summed E-state index contributed by atoms with van der Waals surface area (Å²) in [5, 5.41) is 13.5. The number of aliphatic carboxylic acids is 1. The molecule has 1 unspecified atom stereocenters. The van der Waals surface area contributed by atoms with E-state index in [0.29, 0.717) is 5.41 Å². The van der Waals surface area contributed by atoms with Gasteiger partial charge < -0.3 is 9.84 Å². The third-order valence-electron chi connectivity index (χ3n) is 2.17. The second-order valence-electron chi connectivity index (χ2n) is 5.31. The lowest BCUT2D eigenvalue weighted by Gasteiger charge is -2.18. The van der Waals surface area contributed by atoms with E-state index in [9.17, 15) is 18.0 Å². The van der Waals surface area contributed by atoms with Gasteiger partial charge in [0.1, 0.15) is 5.60 Å². The minimum atomic E-state index is -3.96. The van der Waals surface area contributed by atoms with Crippen LogP contribution in [-0.2, 0) is 19.6 Å². The highest BCUT2D eigenvalue weighted by Crippen LogP contribution is 2.22. The summed E-state index contributed by atoms with van der Waals surface area (Å²) in [6.45, 7) is 8.14. The molecule has 0 saturated heterocycles. The first-order valence-electron chi connectivity index (χ1n) is 6.26. The van der Waals surface area contributed by atoms with Crippen LogP contribution in [0.1, 0.15) is 32.5 Å². The molecule has 1 aromatic rings. The highest BCUT2D eigenvalue weighted by molar-refractivity contribution is 7.92. The maximum absolute atomic E-state index is 11.6. The lowest BCUT2D eigenvalue weighted by atomic mass is 10.2. The standard InChI is InChI=1S/C12H17N3O6S2/c1-5-23(19,20)15-8(9(16)17)7-6-22-10(13-7)14-11(18)21-12(2,3)4/h5-6,8,15H,1H2,2-4H3,(H,16,17)(H,13,14,18). The molecule has 0 fully saturated rings. The normalized spacial score (nSPS) is 13.2. The van der Waals surface area contributed by atoms with Gasteiger partial charge >= 0.3 is 12.1 Å². The van der Waals surface area contributed by atoms with E-state index in [1.807, 2.05) is 4.72 Å². The van der Waals surface area contributed by atoms with Gasteiger partial charge in [-0.05, 0) is 20.8 Å². The average Bonchev–Trinajstić information content (AvgIpc) is 2.81. The van der Waals surface area contributed by atoms with Crippen molar-refractivity contribution < 1.29 is 27.9 Å². The minimum Gasteiger partial charge on any atom is -0.480 e. The maximum atomic E-state index is 11.6. The largest absolute Gasteiger partial charge is 0.480 e. The van der Waals surface area contributed by atoms with Crippen LogP contribution in [0, 0.1) is 0 Å². The summed E-state index contributed by atoms with van der Waals surface area (Å²) in [4.78, 5) is 26.7. The molecule has 3 N–H and O–H groups in total. The van der Waals surface area contributed by atoms with Crippen LogP contribution in [0.2, 0.25) is 0 Å². The Labute approximate surface area is 137 Å². The summed E-state index contributed by atoms with van der Waals surface area (Å²) in [6, 6.07) is -1.59. The van der Waals surface area contributed by atoms with Gasteiger partial charge in [-0.25, -0.2) is 18.2 Å². The van der Waals surface area contributed by atoms with Gasteiger partial charge in [0.15, 0.2) is 11.2 Å². The van der Waals surface area contributed by atoms with Crippen LogP contribution >= 0.6 is 11.3 Å². The quantitative estimate of drug-likeness (QED) is 0.700. The molecule has 0 saturated carbocycles. The number of amides is 1. The van der Waals surface area contributed by atoms with Gasteiger partial charge in [0.2, 0.25) is 10.0 Å². The predicted molar refractivity (Wildman–Crippen MR) is 84.6 cm³/mol. The smallest absolute Gasteiger partial charge is 0.413 e. The Kier molecular flexibility index (Phi) is 5.86. The molecular weight excluding hydrogens is 346 g/mol.